The van der Waals surface area contributed by atoms with Crippen LogP contribution in [0.5, 0.6) is 11.5 Å². The average molecular weight is 283 g/mol. The number of ether oxygens (including phenoxy) is 1. The quantitative estimate of drug-likeness (QED) is 0.803. The maximum Gasteiger partial charge on any atom is 0.573 e. The number of alkyl halides is 3. The van der Waals surface area contributed by atoms with E-state index in [9.17, 15) is 13.2 Å². The molecular formula is C7H2BrF3N2O2. The Morgan fingerprint density at radius 3 is 2.60 bits per heavy atom. The van der Waals surface area contributed by atoms with E-state index >= 15 is 0 Å². The van der Waals surface area contributed by atoms with Crippen molar-refractivity contribution in [3.63, 3.8) is 0 Å². The lowest BCUT2D eigenvalue weighted by Crippen LogP contribution is -2.18. The Hall–Kier alpha value is -1.49. The van der Waals surface area contributed by atoms with E-state index in [2.05, 4.69) is 25.7 Å². The lowest BCUT2D eigenvalue weighted by Gasteiger charge is -2.11. The molecule has 0 saturated carbocycles. The third kappa shape index (κ3) is 2.73. The molecule has 0 amide bonds. The van der Waals surface area contributed by atoms with Gasteiger partial charge >= 0.3 is 6.36 Å². The molecular weight excluding hydrogens is 281 g/mol. The maximum absolute atomic E-state index is 11.9. The summed E-state index contributed by atoms with van der Waals surface area (Å²) in [5.74, 6) is -1.82. The van der Waals surface area contributed by atoms with Crippen LogP contribution in [0.3, 0.4) is 0 Å². The third-order valence-electron chi connectivity index (χ3n) is 1.30. The fraction of sp³-hybridized carbons (Fsp3) is 0.143. The monoisotopic (exact) mass is 282 g/mol. The minimum absolute atomic E-state index is 0.137. The predicted molar refractivity (Wildman–Crippen MR) is 45.0 cm³/mol. The van der Waals surface area contributed by atoms with E-state index < -0.39 is 23.4 Å². The van der Waals surface area contributed by atoms with Gasteiger partial charge in [-0.25, -0.2) is 4.98 Å². The van der Waals surface area contributed by atoms with Gasteiger partial charge in [-0.3, -0.25) is 0 Å². The van der Waals surface area contributed by atoms with E-state index in [0.29, 0.717) is 0 Å². The van der Waals surface area contributed by atoms with Gasteiger partial charge in [0.1, 0.15) is 16.2 Å². The van der Waals surface area contributed by atoms with Gasteiger partial charge in [-0.15, -0.1) is 13.2 Å². The first-order valence-corrected chi connectivity index (χ1v) is 4.17. The van der Waals surface area contributed by atoms with Crippen molar-refractivity contribution in [1.29, 1.82) is 5.26 Å². The summed E-state index contributed by atoms with van der Waals surface area (Å²) >= 11 is 2.76. The molecule has 1 N–H and O–H groups in total. The van der Waals surface area contributed by atoms with Crippen molar-refractivity contribution in [3.05, 3.63) is 16.4 Å². The second-order valence-electron chi connectivity index (χ2n) is 2.30. The summed E-state index contributed by atoms with van der Waals surface area (Å²) in [5, 5.41) is 17.6. The standard InChI is InChI=1S/C7H2BrF3N2O2/c8-6-3(1-12)5(4(14)2-13-6)15-7(9,10)11/h2,14H. The number of pyridine rings is 1. The molecule has 0 aliphatic heterocycles. The van der Waals surface area contributed by atoms with E-state index in [1.54, 1.807) is 0 Å². The Bertz CT molecular complexity index is 427. The van der Waals surface area contributed by atoms with Gasteiger partial charge in [-0.1, -0.05) is 0 Å². The smallest absolute Gasteiger partial charge is 0.503 e. The summed E-state index contributed by atoms with van der Waals surface area (Å²) in [6.45, 7) is 0. The summed E-state index contributed by atoms with van der Waals surface area (Å²) in [6.07, 6.45) is -4.24. The Morgan fingerprint density at radius 1 is 1.53 bits per heavy atom. The Morgan fingerprint density at radius 2 is 2.13 bits per heavy atom. The van der Waals surface area contributed by atoms with Crippen LogP contribution < -0.4 is 4.74 Å². The first-order chi connectivity index (χ1) is 6.85. The van der Waals surface area contributed by atoms with Crippen molar-refractivity contribution in [3.8, 4) is 17.6 Å². The first-order valence-electron chi connectivity index (χ1n) is 3.38. The van der Waals surface area contributed by atoms with Gasteiger partial charge in [0.2, 0.25) is 0 Å². The molecule has 1 aromatic heterocycles. The molecule has 1 rings (SSSR count). The van der Waals surface area contributed by atoms with Gasteiger partial charge in [0.25, 0.3) is 0 Å². The molecule has 0 atom stereocenters. The maximum atomic E-state index is 11.9. The molecule has 8 heteroatoms. The molecule has 0 saturated heterocycles. The van der Waals surface area contributed by atoms with Crippen LogP contribution in [0.1, 0.15) is 5.56 Å². The van der Waals surface area contributed by atoms with Crippen molar-refractivity contribution in [2.45, 2.75) is 6.36 Å². The summed E-state index contributed by atoms with van der Waals surface area (Å²) in [4.78, 5) is 3.44. The number of halogens is 4. The minimum atomic E-state index is -4.98. The molecule has 0 radical (unpaired) electrons. The number of aromatic hydroxyl groups is 1. The van der Waals surface area contributed by atoms with Gasteiger partial charge in [0.05, 0.1) is 6.20 Å². The van der Waals surface area contributed by atoms with Crippen molar-refractivity contribution in [2.24, 2.45) is 0 Å². The second kappa shape index (κ2) is 3.94. The molecule has 0 fully saturated rings. The van der Waals surface area contributed by atoms with Crippen LogP contribution in [0.15, 0.2) is 10.8 Å². The van der Waals surface area contributed by atoms with Crippen molar-refractivity contribution < 1.29 is 23.0 Å². The zero-order valence-corrected chi connectivity index (χ0v) is 8.43. The van der Waals surface area contributed by atoms with Gasteiger partial charge in [0, 0.05) is 0 Å². The normalized spacial score (nSPS) is 10.9. The topological polar surface area (TPSA) is 66.1 Å². The molecule has 0 bridgehead atoms. The highest BCUT2D eigenvalue weighted by atomic mass is 79.9. The van der Waals surface area contributed by atoms with E-state index in [-0.39, 0.29) is 4.60 Å². The van der Waals surface area contributed by atoms with Crippen LogP contribution in [-0.2, 0) is 0 Å². The SMILES string of the molecule is N#Cc1c(Br)ncc(O)c1OC(F)(F)F. The summed E-state index contributed by atoms with van der Waals surface area (Å²) < 4.78 is 39.0. The second-order valence-corrected chi connectivity index (χ2v) is 3.05. The van der Waals surface area contributed by atoms with E-state index in [4.69, 9.17) is 10.4 Å². The van der Waals surface area contributed by atoms with Crippen LogP contribution in [0, 0.1) is 11.3 Å². The minimum Gasteiger partial charge on any atom is -0.503 e. The number of hydrogen-bond acceptors (Lipinski definition) is 4. The van der Waals surface area contributed by atoms with Crippen molar-refractivity contribution in [1.82, 2.24) is 4.98 Å². The fourth-order valence-electron chi connectivity index (χ4n) is 0.779. The number of nitriles is 1. The van der Waals surface area contributed by atoms with Gasteiger partial charge in [-0.05, 0) is 15.9 Å². The number of aromatic nitrogens is 1. The van der Waals surface area contributed by atoms with Crippen LogP contribution >= 0.6 is 15.9 Å². The molecule has 0 spiro atoms. The van der Waals surface area contributed by atoms with Crippen LogP contribution in [0.25, 0.3) is 0 Å². The molecule has 0 aliphatic rings. The molecule has 1 aromatic rings. The van der Waals surface area contributed by atoms with Gasteiger partial charge in [0.15, 0.2) is 11.5 Å². The van der Waals surface area contributed by atoms with Crippen LogP contribution in [-0.4, -0.2) is 16.5 Å². The van der Waals surface area contributed by atoms with E-state index in [1.165, 1.54) is 6.07 Å². The lowest BCUT2D eigenvalue weighted by atomic mass is 10.3. The average Bonchev–Trinajstić information content (AvgIpc) is 2.10. The Labute approximate surface area is 90.0 Å². The zero-order valence-electron chi connectivity index (χ0n) is 6.84. The lowest BCUT2D eigenvalue weighted by molar-refractivity contribution is -0.275. The van der Waals surface area contributed by atoms with Crippen LogP contribution in [0.2, 0.25) is 0 Å². The molecule has 0 aromatic carbocycles. The van der Waals surface area contributed by atoms with E-state index in [1.807, 2.05) is 0 Å². The number of hydrogen-bond donors (Lipinski definition) is 1. The fourth-order valence-corrected chi connectivity index (χ4v) is 1.15. The summed E-state index contributed by atoms with van der Waals surface area (Å²) in [5.41, 5.74) is -0.521. The van der Waals surface area contributed by atoms with Crippen molar-refractivity contribution >= 4 is 15.9 Å². The summed E-state index contributed by atoms with van der Waals surface area (Å²) in [6, 6.07) is 1.43. The molecule has 1 heterocycles. The molecule has 4 nitrogen and oxygen atoms in total. The largest absolute Gasteiger partial charge is 0.573 e. The predicted octanol–water partition coefficient (Wildman–Crippen LogP) is 2.32. The molecule has 0 unspecified atom stereocenters. The van der Waals surface area contributed by atoms with E-state index in [0.717, 1.165) is 6.20 Å². The van der Waals surface area contributed by atoms with Gasteiger partial charge < -0.3 is 9.84 Å². The van der Waals surface area contributed by atoms with Crippen molar-refractivity contribution in [2.75, 3.05) is 0 Å². The first kappa shape index (κ1) is 11.6. The summed E-state index contributed by atoms with van der Waals surface area (Å²) in [7, 11) is 0. The van der Waals surface area contributed by atoms with Gasteiger partial charge in [-0.2, -0.15) is 5.26 Å². The highest BCUT2D eigenvalue weighted by Crippen LogP contribution is 2.36. The molecule has 0 aliphatic carbocycles. The molecule has 80 valence electrons. The highest BCUT2D eigenvalue weighted by Gasteiger charge is 2.34. The highest BCUT2D eigenvalue weighted by molar-refractivity contribution is 9.10. The Balaban J connectivity index is 3.28. The molecule has 15 heavy (non-hydrogen) atoms. The third-order valence-corrected chi connectivity index (χ3v) is 1.90. The zero-order chi connectivity index (χ0) is 11.6. The Kier molecular flexibility index (Phi) is 3.04. The van der Waals surface area contributed by atoms with Crippen LogP contribution in [0.4, 0.5) is 13.2 Å². The number of nitrogens with zero attached hydrogens (tertiary/aromatic N) is 2. The number of rotatable bonds is 1.